The molecule has 0 aromatic heterocycles. The van der Waals surface area contributed by atoms with Gasteiger partial charge >= 0.3 is 0 Å². The summed E-state index contributed by atoms with van der Waals surface area (Å²) in [6.45, 7) is 11.9. The first-order valence-corrected chi connectivity index (χ1v) is 3.92. The van der Waals surface area contributed by atoms with Crippen LogP contribution in [0.4, 0.5) is 0 Å². The third-order valence-electron chi connectivity index (χ3n) is 0.943. The van der Waals surface area contributed by atoms with E-state index in [0.717, 1.165) is 6.42 Å². The fourth-order valence-electron chi connectivity index (χ4n) is 0.236. The van der Waals surface area contributed by atoms with Gasteiger partial charge < -0.3 is 0 Å². The Balaban J connectivity index is 0. The molecule has 0 aliphatic heterocycles. The van der Waals surface area contributed by atoms with E-state index in [-0.39, 0.29) is 0 Å². The topological polar surface area (TPSA) is 0 Å². The van der Waals surface area contributed by atoms with E-state index in [1.807, 2.05) is 13.0 Å². The second kappa shape index (κ2) is 11.3. The van der Waals surface area contributed by atoms with Crippen LogP contribution in [0.25, 0.3) is 0 Å². The van der Waals surface area contributed by atoms with Gasteiger partial charge in [-0.3, -0.25) is 0 Å². The summed E-state index contributed by atoms with van der Waals surface area (Å²) in [5.41, 5.74) is 0. The summed E-state index contributed by atoms with van der Waals surface area (Å²) >= 11 is 0. The number of hydrogen-bond acceptors (Lipinski definition) is 0. The Morgan fingerprint density at radius 3 is 1.80 bits per heavy atom. The lowest BCUT2D eigenvalue weighted by Crippen LogP contribution is -1.71. The zero-order valence-electron chi connectivity index (χ0n) is 7.72. The van der Waals surface area contributed by atoms with E-state index in [1.165, 1.54) is 0 Å². The lowest BCUT2D eigenvalue weighted by Gasteiger charge is -1.84. The predicted octanol–water partition coefficient (Wildman–Crippen LogP) is 3.80. The molecule has 0 heteroatoms. The molecule has 0 amide bonds. The average Bonchev–Trinajstić information content (AvgIpc) is 1.91. The highest BCUT2D eigenvalue weighted by molar-refractivity contribution is 4.73. The Kier molecular flexibility index (Phi) is 13.8. The van der Waals surface area contributed by atoms with Crippen LogP contribution in [0.1, 0.15) is 34.1 Å². The van der Waals surface area contributed by atoms with Crippen molar-refractivity contribution < 1.29 is 0 Å². The van der Waals surface area contributed by atoms with Gasteiger partial charge in [0.2, 0.25) is 0 Å². The normalized spacial score (nSPS) is 9.30. The Morgan fingerprint density at radius 2 is 1.80 bits per heavy atom. The van der Waals surface area contributed by atoms with Crippen molar-refractivity contribution in [3.8, 4) is 0 Å². The van der Waals surface area contributed by atoms with Gasteiger partial charge in [-0.1, -0.05) is 39.0 Å². The third kappa shape index (κ3) is 25.9. The fourth-order valence-corrected chi connectivity index (χ4v) is 0.236. The lowest BCUT2D eigenvalue weighted by molar-refractivity contribution is 0.835. The molecule has 0 heterocycles. The van der Waals surface area contributed by atoms with Crippen LogP contribution in [0.5, 0.6) is 0 Å². The zero-order chi connectivity index (χ0) is 8.41. The molecule has 0 aliphatic carbocycles. The van der Waals surface area contributed by atoms with Crippen LogP contribution in [0, 0.1) is 5.92 Å². The van der Waals surface area contributed by atoms with Gasteiger partial charge in [0, 0.05) is 0 Å². The molecular weight excluding hydrogens is 120 g/mol. The number of hydrogen-bond donors (Lipinski definition) is 0. The molecule has 0 N–H and O–H groups in total. The monoisotopic (exact) mass is 140 g/mol. The van der Waals surface area contributed by atoms with E-state index in [2.05, 4.69) is 39.5 Å². The fraction of sp³-hybridized carbons (Fsp3) is 0.600. The first kappa shape index (κ1) is 12.2. The Labute approximate surface area is 65.7 Å². The van der Waals surface area contributed by atoms with E-state index >= 15 is 0 Å². The molecule has 0 rings (SSSR count). The number of allylic oxidation sites excluding steroid dienone is 3. The first-order valence-electron chi connectivity index (χ1n) is 3.92. The first-order chi connectivity index (χ1) is 4.68. The molecule has 0 fully saturated rings. The van der Waals surface area contributed by atoms with Crippen molar-refractivity contribution in [1.82, 2.24) is 0 Å². The quantitative estimate of drug-likeness (QED) is 0.512. The van der Waals surface area contributed by atoms with Gasteiger partial charge in [-0.25, -0.2) is 0 Å². The summed E-state index contributed by atoms with van der Waals surface area (Å²) in [5.74, 6) is 0.648. The summed E-state index contributed by atoms with van der Waals surface area (Å²) in [4.78, 5) is 0. The predicted molar refractivity (Wildman–Crippen MR) is 50.1 cm³/mol. The maximum atomic E-state index is 3.56. The van der Waals surface area contributed by atoms with Crippen LogP contribution < -0.4 is 0 Å². The molecule has 0 nitrogen and oxygen atoms in total. The van der Waals surface area contributed by atoms with E-state index in [9.17, 15) is 0 Å². The van der Waals surface area contributed by atoms with Crippen LogP contribution in [0.15, 0.2) is 24.8 Å². The zero-order valence-corrected chi connectivity index (χ0v) is 7.72. The van der Waals surface area contributed by atoms with Crippen LogP contribution in [-0.2, 0) is 0 Å². The maximum Gasteiger partial charge on any atom is -0.0293 e. The highest BCUT2D eigenvalue weighted by Crippen LogP contribution is 1.87. The van der Waals surface area contributed by atoms with Gasteiger partial charge in [0.15, 0.2) is 0 Å². The Bertz CT molecular complexity index is 78.0. The largest absolute Gasteiger partial charge is 0.103 e. The highest BCUT2D eigenvalue weighted by Gasteiger charge is 1.73. The van der Waals surface area contributed by atoms with E-state index in [0.29, 0.717) is 5.92 Å². The van der Waals surface area contributed by atoms with Crippen molar-refractivity contribution in [2.45, 2.75) is 34.1 Å². The van der Waals surface area contributed by atoms with Crippen LogP contribution in [-0.4, -0.2) is 0 Å². The molecule has 0 aromatic carbocycles. The summed E-state index contributed by atoms with van der Waals surface area (Å²) in [7, 11) is 0. The van der Waals surface area contributed by atoms with Crippen LogP contribution in [0.3, 0.4) is 0 Å². The van der Waals surface area contributed by atoms with Crippen molar-refractivity contribution in [2.24, 2.45) is 5.92 Å². The second-order valence-electron chi connectivity index (χ2n) is 2.46. The molecule has 0 bridgehead atoms. The molecule has 0 aromatic rings. The lowest BCUT2D eigenvalue weighted by atomic mass is 10.2. The minimum atomic E-state index is 0.648. The molecule has 10 heavy (non-hydrogen) atoms. The van der Waals surface area contributed by atoms with Gasteiger partial charge in [0.05, 0.1) is 0 Å². The average molecular weight is 140 g/mol. The van der Waals surface area contributed by atoms with Gasteiger partial charge in [-0.2, -0.15) is 0 Å². The maximum absolute atomic E-state index is 3.56. The second-order valence-corrected chi connectivity index (χ2v) is 2.46. The van der Waals surface area contributed by atoms with Crippen molar-refractivity contribution >= 4 is 0 Å². The molecule has 0 radical (unpaired) electrons. The summed E-state index contributed by atoms with van der Waals surface area (Å²) in [5, 5.41) is 0. The molecule has 0 atom stereocenters. The molecule has 0 saturated heterocycles. The van der Waals surface area contributed by atoms with Crippen molar-refractivity contribution in [1.29, 1.82) is 0 Å². The smallest absolute Gasteiger partial charge is 0.0293 e. The van der Waals surface area contributed by atoms with Crippen molar-refractivity contribution in [3.63, 3.8) is 0 Å². The minimum absolute atomic E-state index is 0.648. The van der Waals surface area contributed by atoms with Gasteiger partial charge in [0.1, 0.15) is 0 Å². The standard InChI is InChI=1S/2C5H10/c1-4-5(2)3;1-3-5-4-2/h4-5H,1H2,2-3H3;3,5H,4H2,1-2H3/b;5-3+. The van der Waals surface area contributed by atoms with E-state index in [4.69, 9.17) is 0 Å². The van der Waals surface area contributed by atoms with E-state index in [1.54, 1.807) is 0 Å². The van der Waals surface area contributed by atoms with Crippen LogP contribution >= 0.6 is 0 Å². The molecule has 0 unspecified atom stereocenters. The van der Waals surface area contributed by atoms with Crippen molar-refractivity contribution in [3.05, 3.63) is 24.8 Å². The molecule has 0 spiro atoms. The van der Waals surface area contributed by atoms with Crippen molar-refractivity contribution in [2.75, 3.05) is 0 Å². The molecule has 60 valence electrons. The number of rotatable bonds is 2. The third-order valence-corrected chi connectivity index (χ3v) is 0.943. The molecule has 0 aliphatic rings. The Morgan fingerprint density at radius 1 is 1.40 bits per heavy atom. The Hall–Kier alpha value is -0.520. The molecular formula is C10H20. The van der Waals surface area contributed by atoms with Gasteiger partial charge in [-0.05, 0) is 19.3 Å². The highest BCUT2D eigenvalue weighted by atomic mass is 13.8. The van der Waals surface area contributed by atoms with E-state index < -0.39 is 0 Å². The minimum Gasteiger partial charge on any atom is -0.103 e. The van der Waals surface area contributed by atoms with Gasteiger partial charge in [0.25, 0.3) is 0 Å². The van der Waals surface area contributed by atoms with Crippen LogP contribution in [0.2, 0.25) is 0 Å². The molecule has 0 saturated carbocycles. The summed E-state index contributed by atoms with van der Waals surface area (Å²) in [6, 6.07) is 0. The summed E-state index contributed by atoms with van der Waals surface area (Å²) in [6.07, 6.45) is 7.26. The van der Waals surface area contributed by atoms with Gasteiger partial charge in [-0.15, -0.1) is 6.58 Å². The summed E-state index contributed by atoms with van der Waals surface area (Å²) < 4.78 is 0. The SMILES string of the molecule is C/C=C/CC.C=CC(C)C.